The Morgan fingerprint density at radius 3 is 2.34 bits per heavy atom. The summed E-state index contributed by atoms with van der Waals surface area (Å²) >= 11 is 0. The van der Waals surface area contributed by atoms with Crippen molar-refractivity contribution in [1.82, 2.24) is 20.2 Å². The minimum absolute atomic E-state index is 0.0793. The first kappa shape index (κ1) is 22.7. The molecule has 0 saturated heterocycles. The number of hydrogen-bond acceptors (Lipinski definition) is 4. The predicted octanol–water partition coefficient (Wildman–Crippen LogP) is 2.64. The highest BCUT2D eigenvalue weighted by Gasteiger charge is 2.19. The van der Waals surface area contributed by atoms with Gasteiger partial charge in [-0.1, -0.05) is 42.0 Å². The molecule has 0 atom stereocenters. The third kappa shape index (κ3) is 6.01. The summed E-state index contributed by atoms with van der Waals surface area (Å²) in [5.41, 5.74) is 2.13. The minimum Gasteiger partial charge on any atom is -0.352 e. The Hall–Kier alpha value is -4.00. The Bertz CT molecular complexity index is 1150. The maximum atomic E-state index is 12.9. The lowest BCUT2D eigenvalue weighted by Crippen LogP contribution is -2.35. The number of nitrogens with one attached hydrogen (secondary N) is 2. The molecule has 7 nitrogen and oxygen atoms in total. The first-order valence-corrected chi connectivity index (χ1v) is 10.3. The van der Waals surface area contributed by atoms with Crippen LogP contribution < -0.4 is 16.1 Å². The third-order valence-electron chi connectivity index (χ3n) is 4.90. The lowest BCUT2D eigenvalue weighted by Gasteiger charge is -2.12. The largest absolute Gasteiger partial charge is 0.352 e. The molecule has 1 aromatic carbocycles. The fraction of sp³-hybridized carbons (Fsp3) is 0.200. The van der Waals surface area contributed by atoms with Crippen molar-refractivity contribution < 1.29 is 9.59 Å². The number of hydrogen-bond donors (Lipinski definition) is 2. The Kier molecular flexibility index (Phi) is 7.70. The van der Waals surface area contributed by atoms with Gasteiger partial charge in [0.1, 0.15) is 11.1 Å². The SMILES string of the molecule is C=CCNC(=O)c1cn(CCc2ccccn2)cc(C(=O)NCc2ccc(C)cc2)c1=O. The molecule has 0 radical (unpaired) electrons. The van der Waals surface area contributed by atoms with Crippen LogP contribution in [-0.4, -0.2) is 27.9 Å². The molecule has 0 spiro atoms. The Balaban J connectivity index is 1.85. The van der Waals surface area contributed by atoms with E-state index in [2.05, 4.69) is 22.2 Å². The van der Waals surface area contributed by atoms with Gasteiger partial charge in [-0.05, 0) is 24.6 Å². The van der Waals surface area contributed by atoms with E-state index in [-0.39, 0.29) is 24.2 Å². The number of carbonyl (C=O) groups is 2. The highest BCUT2D eigenvalue weighted by molar-refractivity contribution is 5.99. The average Bonchev–Trinajstić information content (AvgIpc) is 2.82. The van der Waals surface area contributed by atoms with E-state index in [0.717, 1.165) is 16.8 Å². The number of pyridine rings is 2. The van der Waals surface area contributed by atoms with Gasteiger partial charge in [0, 0.05) is 50.3 Å². The zero-order valence-electron chi connectivity index (χ0n) is 18.0. The second kappa shape index (κ2) is 10.9. The topological polar surface area (TPSA) is 93.1 Å². The van der Waals surface area contributed by atoms with Crippen LogP contribution in [0.3, 0.4) is 0 Å². The highest BCUT2D eigenvalue weighted by Crippen LogP contribution is 2.05. The van der Waals surface area contributed by atoms with Crippen LogP contribution in [0.2, 0.25) is 0 Å². The van der Waals surface area contributed by atoms with E-state index in [4.69, 9.17) is 0 Å². The summed E-state index contributed by atoms with van der Waals surface area (Å²) in [5.74, 6) is -1.07. The molecule has 164 valence electrons. The number of rotatable bonds is 9. The molecular formula is C25H26N4O3. The van der Waals surface area contributed by atoms with Crippen LogP contribution in [0.1, 0.15) is 37.5 Å². The van der Waals surface area contributed by atoms with Gasteiger partial charge in [0.25, 0.3) is 11.8 Å². The summed E-state index contributed by atoms with van der Waals surface area (Å²) in [6, 6.07) is 13.4. The summed E-state index contributed by atoms with van der Waals surface area (Å²) in [6.45, 7) is 6.50. The van der Waals surface area contributed by atoms with Crippen molar-refractivity contribution >= 4 is 11.8 Å². The normalized spacial score (nSPS) is 10.4. The Morgan fingerprint density at radius 1 is 1.03 bits per heavy atom. The molecule has 0 bridgehead atoms. The van der Waals surface area contributed by atoms with Crippen molar-refractivity contribution in [2.45, 2.75) is 26.4 Å². The molecule has 0 unspecified atom stereocenters. The molecule has 7 heteroatoms. The van der Waals surface area contributed by atoms with Gasteiger partial charge < -0.3 is 15.2 Å². The third-order valence-corrected chi connectivity index (χ3v) is 4.90. The van der Waals surface area contributed by atoms with Gasteiger partial charge >= 0.3 is 0 Å². The monoisotopic (exact) mass is 430 g/mol. The molecule has 2 N–H and O–H groups in total. The molecule has 0 fully saturated rings. The fourth-order valence-electron chi connectivity index (χ4n) is 3.12. The predicted molar refractivity (Wildman–Crippen MR) is 124 cm³/mol. The lowest BCUT2D eigenvalue weighted by molar-refractivity contribution is 0.0948. The van der Waals surface area contributed by atoms with Crippen molar-refractivity contribution in [2.75, 3.05) is 6.54 Å². The molecule has 2 amide bonds. The molecule has 0 aliphatic heterocycles. The Morgan fingerprint density at radius 2 is 1.72 bits per heavy atom. The van der Waals surface area contributed by atoms with Gasteiger partial charge in [-0.25, -0.2) is 0 Å². The molecular weight excluding hydrogens is 404 g/mol. The Labute approximate surface area is 186 Å². The first-order chi connectivity index (χ1) is 15.5. The summed E-state index contributed by atoms with van der Waals surface area (Å²) in [7, 11) is 0. The van der Waals surface area contributed by atoms with Crippen molar-refractivity contribution in [3.63, 3.8) is 0 Å². The van der Waals surface area contributed by atoms with Crippen molar-refractivity contribution in [2.24, 2.45) is 0 Å². The van der Waals surface area contributed by atoms with Crippen molar-refractivity contribution in [3.8, 4) is 0 Å². The number of aromatic nitrogens is 2. The van der Waals surface area contributed by atoms with E-state index < -0.39 is 17.2 Å². The number of benzene rings is 1. The van der Waals surface area contributed by atoms with Gasteiger partial charge in [-0.3, -0.25) is 19.4 Å². The molecule has 3 rings (SSSR count). The summed E-state index contributed by atoms with van der Waals surface area (Å²) < 4.78 is 1.68. The van der Waals surface area contributed by atoms with Crippen LogP contribution in [0.15, 0.2) is 78.5 Å². The van der Waals surface area contributed by atoms with Crippen LogP contribution in [0.25, 0.3) is 0 Å². The maximum absolute atomic E-state index is 12.9. The molecule has 0 saturated carbocycles. The van der Waals surface area contributed by atoms with Gasteiger partial charge in [0.15, 0.2) is 0 Å². The van der Waals surface area contributed by atoms with Gasteiger partial charge in [-0.15, -0.1) is 6.58 Å². The van der Waals surface area contributed by atoms with Crippen molar-refractivity contribution in [3.05, 3.63) is 112 Å². The van der Waals surface area contributed by atoms with E-state index in [0.29, 0.717) is 13.0 Å². The number of amides is 2. The van der Waals surface area contributed by atoms with Gasteiger partial charge in [0.05, 0.1) is 0 Å². The van der Waals surface area contributed by atoms with E-state index in [1.165, 1.54) is 18.5 Å². The number of carbonyl (C=O) groups excluding carboxylic acids is 2. The van der Waals surface area contributed by atoms with E-state index in [9.17, 15) is 14.4 Å². The zero-order chi connectivity index (χ0) is 22.9. The lowest BCUT2D eigenvalue weighted by atomic mass is 10.1. The zero-order valence-corrected chi connectivity index (χ0v) is 18.0. The molecule has 2 aromatic heterocycles. The number of aryl methyl sites for hydroxylation is 3. The van der Waals surface area contributed by atoms with Crippen molar-refractivity contribution in [1.29, 1.82) is 0 Å². The average molecular weight is 431 g/mol. The summed E-state index contributed by atoms with van der Waals surface area (Å²) in [5, 5.41) is 5.38. The molecule has 32 heavy (non-hydrogen) atoms. The second-order valence-corrected chi connectivity index (χ2v) is 7.39. The van der Waals surface area contributed by atoms with Crippen LogP contribution in [0, 0.1) is 6.92 Å². The molecule has 0 aliphatic carbocycles. The minimum atomic E-state index is -0.609. The smallest absolute Gasteiger partial charge is 0.257 e. The van der Waals surface area contributed by atoms with E-state index in [1.807, 2.05) is 49.4 Å². The van der Waals surface area contributed by atoms with E-state index >= 15 is 0 Å². The van der Waals surface area contributed by atoms with Crippen LogP contribution >= 0.6 is 0 Å². The van der Waals surface area contributed by atoms with Crippen LogP contribution in [0.5, 0.6) is 0 Å². The van der Waals surface area contributed by atoms with Crippen LogP contribution in [0.4, 0.5) is 0 Å². The summed E-state index contributed by atoms with van der Waals surface area (Å²) in [6.07, 6.45) is 6.77. The van der Waals surface area contributed by atoms with Gasteiger partial charge in [0.2, 0.25) is 5.43 Å². The molecule has 0 aliphatic rings. The summed E-state index contributed by atoms with van der Waals surface area (Å²) in [4.78, 5) is 42.6. The standard InChI is InChI=1S/C25H26N4O3/c1-3-12-27-24(31)21-16-29(14-11-20-6-4-5-13-26-20)17-22(23(21)30)25(32)28-15-19-9-7-18(2)8-10-19/h3-10,13,16-17H,1,11-12,14-15H2,2H3,(H,27,31)(H,28,32). The molecule has 2 heterocycles. The maximum Gasteiger partial charge on any atom is 0.257 e. The first-order valence-electron chi connectivity index (χ1n) is 10.3. The fourth-order valence-corrected chi connectivity index (χ4v) is 3.12. The van der Waals surface area contributed by atoms with Crippen LogP contribution in [-0.2, 0) is 19.5 Å². The number of nitrogens with zero attached hydrogens (tertiary/aromatic N) is 2. The second-order valence-electron chi connectivity index (χ2n) is 7.39. The quantitative estimate of drug-likeness (QED) is 0.511. The highest BCUT2D eigenvalue weighted by atomic mass is 16.2. The molecule has 3 aromatic rings. The van der Waals surface area contributed by atoms with Gasteiger partial charge in [-0.2, -0.15) is 0 Å². The van der Waals surface area contributed by atoms with E-state index in [1.54, 1.807) is 10.8 Å².